The number of pyridine rings is 1. The van der Waals surface area contributed by atoms with E-state index >= 15 is 0 Å². The second-order valence-corrected chi connectivity index (χ2v) is 6.26. The summed E-state index contributed by atoms with van der Waals surface area (Å²) in [7, 11) is 1.91. The molecule has 0 radical (unpaired) electrons. The van der Waals surface area contributed by atoms with Gasteiger partial charge in [0.1, 0.15) is 23.2 Å². The smallest absolute Gasteiger partial charge is 0.321 e. The van der Waals surface area contributed by atoms with Crippen molar-refractivity contribution in [1.82, 2.24) is 25.3 Å². The van der Waals surface area contributed by atoms with Crippen molar-refractivity contribution in [3.05, 3.63) is 48.8 Å². The van der Waals surface area contributed by atoms with Gasteiger partial charge in [-0.05, 0) is 31.2 Å². The standard InChI is InChI=1S/C19H18FN7O/c1-3-22-19(28)26-18-24-14-8-11(15-9-21-10-27(15)2)7-12(17(14)25-18)16-13(20)5-4-6-23-16/h4-10H,3H2,1-2H3,(H3,22,23,24,25,26,28)/p+1. The molecule has 28 heavy (non-hydrogen) atoms. The highest BCUT2D eigenvalue weighted by atomic mass is 19.1. The zero-order chi connectivity index (χ0) is 19.7. The normalized spacial score (nSPS) is 11.0. The van der Waals surface area contributed by atoms with E-state index in [0.29, 0.717) is 23.1 Å². The Labute approximate surface area is 159 Å². The van der Waals surface area contributed by atoms with E-state index in [1.807, 2.05) is 43.2 Å². The molecule has 4 rings (SSSR count). The Kier molecular flexibility index (Phi) is 4.48. The molecule has 4 N–H and O–H groups in total. The highest BCUT2D eigenvalue weighted by molar-refractivity contribution is 5.97. The first-order valence-corrected chi connectivity index (χ1v) is 8.79. The van der Waals surface area contributed by atoms with E-state index in [0.717, 1.165) is 11.3 Å². The number of fused-ring (bicyclic) bond motifs is 1. The van der Waals surface area contributed by atoms with Crippen LogP contribution in [0.2, 0.25) is 0 Å². The molecule has 0 saturated heterocycles. The quantitative estimate of drug-likeness (QED) is 0.409. The lowest BCUT2D eigenvalue weighted by Crippen LogP contribution is -2.28. The van der Waals surface area contributed by atoms with Gasteiger partial charge in [0, 0.05) is 23.9 Å². The summed E-state index contributed by atoms with van der Waals surface area (Å²) >= 11 is 0. The lowest BCUT2D eigenvalue weighted by Gasteiger charge is -2.06. The van der Waals surface area contributed by atoms with Crippen LogP contribution in [0, 0.1) is 5.82 Å². The Morgan fingerprint density at radius 1 is 1.36 bits per heavy atom. The van der Waals surface area contributed by atoms with Crippen molar-refractivity contribution in [2.24, 2.45) is 7.05 Å². The minimum Gasteiger partial charge on any atom is -0.338 e. The molecule has 4 aromatic rings. The third-order valence-corrected chi connectivity index (χ3v) is 4.33. The van der Waals surface area contributed by atoms with Crippen molar-refractivity contribution >= 4 is 23.0 Å². The van der Waals surface area contributed by atoms with E-state index in [-0.39, 0.29) is 17.7 Å². The SMILES string of the molecule is CCNC(=O)Nc1nc2c(-c3ncccc3F)cc(-c3c[nH]c[n+]3C)cc2[nH]1. The number of benzene rings is 1. The van der Waals surface area contributed by atoms with Gasteiger partial charge in [0.2, 0.25) is 12.3 Å². The molecule has 0 aliphatic rings. The van der Waals surface area contributed by atoms with Crippen LogP contribution in [0.1, 0.15) is 6.92 Å². The Morgan fingerprint density at radius 2 is 2.21 bits per heavy atom. The number of amides is 2. The van der Waals surface area contributed by atoms with E-state index in [1.54, 1.807) is 6.07 Å². The molecule has 8 nitrogen and oxygen atoms in total. The molecular weight excluding hydrogens is 361 g/mol. The van der Waals surface area contributed by atoms with Gasteiger partial charge in [-0.2, -0.15) is 0 Å². The minimum atomic E-state index is -0.444. The molecule has 0 bridgehead atoms. The first kappa shape index (κ1) is 17.7. The number of hydrogen-bond donors (Lipinski definition) is 4. The number of hydrogen-bond acceptors (Lipinski definition) is 3. The number of rotatable bonds is 4. The van der Waals surface area contributed by atoms with Crippen LogP contribution < -0.4 is 15.2 Å². The maximum absolute atomic E-state index is 14.5. The molecule has 0 aliphatic carbocycles. The van der Waals surface area contributed by atoms with Gasteiger partial charge in [0.05, 0.1) is 12.6 Å². The van der Waals surface area contributed by atoms with Gasteiger partial charge in [-0.3, -0.25) is 10.3 Å². The van der Waals surface area contributed by atoms with Crippen molar-refractivity contribution in [1.29, 1.82) is 0 Å². The largest absolute Gasteiger partial charge is 0.338 e. The number of imidazole rings is 2. The van der Waals surface area contributed by atoms with Crippen LogP contribution in [0.3, 0.4) is 0 Å². The van der Waals surface area contributed by atoms with Gasteiger partial charge < -0.3 is 10.3 Å². The van der Waals surface area contributed by atoms with Crippen LogP contribution in [0.4, 0.5) is 15.1 Å². The van der Waals surface area contributed by atoms with E-state index in [4.69, 9.17) is 0 Å². The molecule has 0 spiro atoms. The molecule has 1 aromatic carbocycles. The van der Waals surface area contributed by atoms with Crippen molar-refractivity contribution in [2.75, 3.05) is 11.9 Å². The number of nitrogens with zero attached hydrogens (tertiary/aromatic N) is 3. The van der Waals surface area contributed by atoms with Gasteiger partial charge >= 0.3 is 6.03 Å². The van der Waals surface area contributed by atoms with Crippen LogP contribution >= 0.6 is 0 Å². The van der Waals surface area contributed by atoms with Crippen molar-refractivity contribution in [2.45, 2.75) is 6.92 Å². The number of urea groups is 1. The topological polar surface area (TPSA) is 102 Å². The van der Waals surface area contributed by atoms with Crippen molar-refractivity contribution in [3.8, 4) is 22.5 Å². The van der Waals surface area contributed by atoms with Gasteiger partial charge in [-0.25, -0.2) is 23.7 Å². The first-order valence-electron chi connectivity index (χ1n) is 8.79. The molecule has 0 saturated carbocycles. The average molecular weight is 380 g/mol. The molecule has 142 valence electrons. The third kappa shape index (κ3) is 3.18. The number of nitrogens with one attached hydrogen (secondary N) is 4. The van der Waals surface area contributed by atoms with E-state index in [2.05, 4.69) is 30.6 Å². The van der Waals surface area contributed by atoms with Gasteiger partial charge in [-0.15, -0.1) is 0 Å². The average Bonchev–Trinajstić information content (AvgIpc) is 3.27. The highest BCUT2D eigenvalue weighted by Crippen LogP contribution is 2.33. The number of halogens is 1. The molecule has 3 heterocycles. The molecule has 0 fully saturated rings. The lowest BCUT2D eigenvalue weighted by atomic mass is 10.0. The second kappa shape index (κ2) is 7.10. The summed E-state index contributed by atoms with van der Waals surface area (Å²) in [5, 5.41) is 5.29. The van der Waals surface area contributed by atoms with Crippen LogP contribution in [0.15, 0.2) is 43.0 Å². The summed E-state index contributed by atoms with van der Waals surface area (Å²) in [6, 6.07) is 6.27. The predicted octanol–water partition coefficient (Wildman–Crippen LogP) is 2.73. The molecular formula is C19H19FN7O+. The number of anilines is 1. The number of aryl methyl sites for hydroxylation is 1. The Balaban J connectivity index is 1.91. The van der Waals surface area contributed by atoms with E-state index in [9.17, 15) is 9.18 Å². The zero-order valence-electron chi connectivity index (χ0n) is 15.4. The number of H-pyrrole nitrogens is 2. The molecule has 9 heteroatoms. The minimum absolute atomic E-state index is 0.198. The summed E-state index contributed by atoms with van der Waals surface area (Å²) in [5.41, 5.74) is 3.67. The molecule has 0 atom stereocenters. The zero-order valence-corrected chi connectivity index (χ0v) is 15.4. The molecule has 2 amide bonds. The third-order valence-electron chi connectivity index (χ3n) is 4.33. The fraction of sp³-hybridized carbons (Fsp3) is 0.158. The summed E-state index contributed by atoms with van der Waals surface area (Å²) in [6.07, 6.45) is 5.20. The number of aromatic amines is 2. The van der Waals surface area contributed by atoms with E-state index in [1.165, 1.54) is 12.3 Å². The maximum atomic E-state index is 14.5. The van der Waals surface area contributed by atoms with Gasteiger partial charge in [0.25, 0.3) is 0 Å². The Bertz CT molecular complexity index is 1160. The molecule has 0 aliphatic heterocycles. The van der Waals surface area contributed by atoms with Crippen molar-refractivity contribution < 1.29 is 13.8 Å². The van der Waals surface area contributed by atoms with Crippen LogP contribution in [0.25, 0.3) is 33.5 Å². The molecule has 0 unspecified atom stereocenters. The van der Waals surface area contributed by atoms with Gasteiger partial charge in [0.15, 0.2) is 5.69 Å². The highest BCUT2D eigenvalue weighted by Gasteiger charge is 2.19. The monoisotopic (exact) mass is 380 g/mol. The Morgan fingerprint density at radius 3 is 2.93 bits per heavy atom. The van der Waals surface area contributed by atoms with E-state index < -0.39 is 5.82 Å². The maximum Gasteiger partial charge on any atom is 0.321 e. The summed E-state index contributed by atoms with van der Waals surface area (Å²) in [5.74, 6) is -0.172. The fourth-order valence-corrected chi connectivity index (χ4v) is 3.09. The second-order valence-electron chi connectivity index (χ2n) is 6.26. The first-order chi connectivity index (χ1) is 13.6. The number of aromatic nitrogens is 5. The van der Waals surface area contributed by atoms with Crippen LogP contribution in [0.5, 0.6) is 0 Å². The van der Waals surface area contributed by atoms with Gasteiger partial charge in [-0.1, -0.05) is 0 Å². The van der Waals surface area contributed by atoms with Crippen LogP contribution in [-0.4, -0.2) is 32.5 Å². The van der Waals surface area contributed by atoms with Crippen molar-refractivity contribution in [3.63, 3.8) is 0 Å². The summed E-state index contributed by atoms with van der Waals surface area (Å²) in [6.45, 7) is 2.31. The molecule has 3 aromatic heterocycles. The summed E-state index contributed by atoms with van der Waals surface area (Å²) < 4.78 is 16.4. The lowest BCUT2D eigenvalue weighted by molar-refractivity contribution is -0.659. The predicted molar refractivity (Wildman–Crippen MR) is 103 cm³/mol. The number of carbonyl (C=O) groups excluding carboxylic acids is 1. The summed E-state index contributed by atoms with van der Waals surface area (Å²) in [4.78, 5) is 26.6. The Hall–Kier alpha value is -3.75. The number of carbonyl (C=O) groups is 1. The van der Waals surface area contributed by atoms with Crippen LogP contribution in [-0.2, 0) is 7.05 Å². The fourth-order valence-electron chi connectivity index (χ4n) is 3.09.